The fourth-order valence-corrected chi connectivity index (χ4v) is 5.02. The monoisotopic (exact) mass is 330 g/mol. The Morgan fingerprint density at radius 2 is 1.68 bits per heavy atom. The van der Waals surface area contributed by atoms with Crippen LogP contribution in [-0.2, 0) is 9.84 Å². The summed E-state index contributed by atoms with van der Waals surface area (Å²) in [6.07, 6.45) is 7.73. The minimum absolute atomic E-state index is 0.0233. The molecule has 2 fully saturated rings. The predicted molar refractivity (Wildman–Crippen MR) is 88.5 cm³/mol. The summed E-state index contributed by atoms with van der Waals surface area (Å²) < 4.78 is 23.4. The van der Waals surface area contributed by atoms with E-state index in [4.69, 9.17) is 0 Å². The molecule has 0 bridgehead atoms. The summed E-state index contributed by atoms with van der Waals surface area (Å²) in [5.41, 5.74) is 0. The summed E-state index contributed by atoms with van der Waals surface area (Å²) in [5.74, 6) is 1.14. The molecule has 2 aliphatic carbocycles. The van der Waals surface area contributed by atoms with Crippen LogP contribution in [0.25, 0.3) is 0 Å². The first-order valence-electron chi connectivity index (χ1n) is 8.53. The van der Waals surface area contributed by atoms with Gasteiger partial charge in [-0.2, -0.15) is 0 Å². The minimum Gasteiger partial charge on any atom is -0.335 e. The second-order valence-electron chi connectivity index (χ2n) is 7.31. The molecule has 0 saturated heterocycles. The molecule has 5 nitrogen and oxygen atoms in total. The summed E-state index contributed by atoms with van der Waals surface area (Å²) in [6, 6.07) is 0.0768. The summed E-state index contributed by atoms with van der Waals surface area (Å²) in [4.78, 5) is 12.2. The van der Waals surface area contributed by atoms with E-state index in [2.05, 4.69) is 24.5 Å². The lowest BCUT2D eigenvalue weighted by Crippen LogP contribution is -2.51. The lowest BCUT2D eigenvalue weighted by atomic mass is 9.78. The fraction of sp³-hybridized carbons (Fsp3) is 0.938. The molecule has 0 aromatic heterocycles. The van der Waals surface area contributed by atoms with E-state index >= 15 is 0 Å². The fourth-order valence-electron chi connectivity index (χ4n) is 3.85. The van der Waals surface area contributed by atoms with Crippen molar-refractivity contribution >= 4 is 15.9 Å². The van der Waals surface area contributed by atoms with Crippen LogP contribution >= 0.6 is 0 Å². The van der Waals surface area contributed by atoms with Gasteiger partial charge in [0.05, 0.1) is 5.25 Å². The van der Waals surface area contributed by atoms with Gasteiger partial charge in [-0.3, -0.25) is 0 Å². The van der Waals surface area contributed by atoms with E-state index in [9.17, 15) is 13.2 Å². The lowest BCUT2D eigenvalue weighted by molar-refractivity contribution is 0.191. The van der Waals surface area contributed by atoms with E-state index < -0.39 is 9.84 Å². The highest BCUT2D eigenvalue weighted by atomic mass is 32.2. The standard InChI is InChI=1S/C16H30N2O3S/c1-11-6-4-9-15(12(11)2)18-16(19)17-13-7-5-8-14(10-13)22(3,20)21/h11-15H,4-10H2,1-3H3,(H2,17,18,19). The van der Waals surface area contributed by atoms with Gasteiger partial charge in [-0.25, -0.2) is 13.2 Å². The third-order valence-electron chi connectivity index (χ3n) is 5.59. The number of urea groups is 1. The van der Waals surface area contributed by atoms with Crippen LogP contribution in [0.1, 0.15) is 58.8 Å². The largest absolute Gasteiger partial charge is 0.335 e. The Balaban J connectivity index is 1.84. The first-order valence-corrected chi connectivity index (χ1v) is 10.5. The van der Waals surface area contributed by atoms with Crippen molar-refractivity contribution in [3.63, 3.8) is 0 Å². The van der Waals surface area contributed by atoms with Gasteiger partial charge >= 0.3 is 6.03 Å². The molecular weight excluding hydrogens is 300 g/mol. The van der Waals surface area contributed by atoms with Crippen molar-refractivity contribution in [2.75, 3.05) is 6.26 Å². The Morgan fingerprint density at radius 3 is 2.36 bits per heavy atom. The number of carbonyl (C=O) groups excluding carboxylic acids is 1. The van der Waals surface area contributed by atoms with Crippen LogP contribution in [-0.4, -0.2) is 38.0 Å². The van der Waals surface area contributed by atoms with Gasteiger partial charge in [0.15, 0.2) is 0 Å². The molecule has 2 saturated carbocycles. The van der Waals surface area contributed by atoms with Crippen LogP contribution < -0.4 is 10.6 Å². The Labute approximate surface area is 134 Å². The normalized spacial score (nSPS) is 36.6. The average Bonchev–Trinajstić information content (AvgIpc) is 2.43. The molecule has 5 atom stereocenters. The Bertz CT molecular complexity index is 492. The predicted octanol–water partition coefficient (Wildman–Crippen LogP) is 2.47. The average molecular weight is 330 g/mol. The molecule has 5 unspecified atom stereocenters. The van der Waals surface area contributed by atoms with Gasteiger partial charge < -0.3 is 10.6 Å². The zero-order chi connectivity index (χ0) is 16.3. The second-order valence-corrected chi connectivity index (χ2v) is 9.63. The minimum atomic E-state index is -3.01. The number of rotatable bonds is 3. The van der Waals surface area contributed by atoms with Crippen LogP contribution in [0.3, 0.4) is 0 Å². The van der Waals surface area contributed by atoms with Crippen molar-refractivity contribution in [2.45, 2.75) is 76.1 Å². The van der Waals surface area contributed by atoms with Crippen molar-refractivity contribution in [1.29, 1.82) is 0 Å². The molecule has 2 aliphatic rings. The van der Waals surface area contributed by atoms with Gasteiger partial charge in [0.2, 0.25) is 0 Å². The van der Waals surface area contributed by atoms with Crippen LogP contribution in [0.2, 0.25) is 0 Å². The molecule has 6 heteroatoms. The number of nitrogens with one attached hydrogen (secondary N) is 2. The van der Waals surface area contributed by atoms with Crippen molar-refractivity contribution in [3.05, 3.63) is 0 Å². The molecule has 2 N–H and O–H groups in total. The first-order chi connectivity index (χ1) is 10.3. The molecule has 128 valence electrons. The maximum absolute atomic E-state index is 12.2. The van der Waals surface area contributed by atoms with Crippen LogP contribution in [0.4, 0.5) is 4.79 Å². The summed E-state index contributed by atoms with van der Waals surface area (Å²) in [7, 11) is -3.01. The third kappa shape index (κ3) is 4.61. The number of hydrogen-bond donors (Lipinski definition) is 2. The molecule has 0 radical (unpaired) electrons. The number of sulfone groups is 1. The van der Waals surface area contributed by atoms with Gasteiger partial charge in [0.25, 0.3) is 0 Å². The molecule has 22 heavy (non-hydrogen) atoms. The highest BCUT2D eigenvalue weighted by Gasteiger charge is 2.31. The van der Waals surface area contributed by atoms with Gasteiger partial charge in [0.1, 0.15) is 9.84 Å². The summed E-state index contributed by atoms with van der Waals surface area (Å²) >= 11 is 0. The SMILES string of the molecule is CC1CCCC(NC(=O)NC2CCCC(S(C)(=O)=O)C2)C1C. The molecule has 0 aliphatic heterocycles. The highest BCUT2D eigenvalue weighted by molar-refractivity contribution is 7.91. The van der Waals surface area contributed by atoms with Gasteiger partial charge in [-0.1, -0.05) is 33.1 Å². The summed E-state index contributed by atoms with van der Waals surface area (Å²) in [5, 5.41) is 5.78. The van der Waals surface area contributed by atoms with Crippen molar-refractivity contribution < 1.29 is 13.2 Å². The van der Waals surface area contributed by atoms with Gasteiger partial charge in [0, 0.05) is 18.3 Å². The number of hydrogen-bond acceptors (Lipinski definition) is 3. The van der Waals surface area contributed by atoms with E-state index in [-0.39, 0.29) is 23.4 Å². The molecule has 2 amide bonds. The maximum atomic E-state index is 12.2. The van der Waals surface area contributed by atoms with E-state index in [1.54, 1.807) is 0 Å². The van der Waals surface area contributed by atoms with E-state index in [0.717, 1.165) is 32.1 Å². The van der Waals surface area contributed by atoms with E-state index in [1.807, 2.05) is 0 Å². The summed E-state index contributed by atoms with van der Waals surface area (Å²) in [6.45, 7) is 4.45. The quantitative estimate of drug-likeness (QED) is 0.834. The van der Waals surface area contributed by atoms with Crippen LogP contribution in [0.5, 0.6) is 0 Å². The van der Waals surface area contributed by atoms with Gasteiger partial charge in [-0.15, -0.1) is 0 Å². The van der Waals surface area contributed by atoms with Crippen molar-refractivity contribution in [3.8, 4) is 0 Å². The van der Waals surface area contributed by atoms with Crippen LogP contribution in [0.15, 0.2) is 0 Å². The number of carbonyl (C=O) groups is 1. The van der Waals surface area contributed by atoms with Crippen molar-refractivity contribution in [2.24, 2.45) is 11.8 Å². The van der Waals surface area contributed by atoms with Crippen molar-refractivity contribution in [1.82, 2.24) is 10.6 Å². The number of amides is 2. The topological polar surface area (TPSA) is 75.3 Å². The Hall–Kier alpha value is -0.780. The molecule has 0 heterocycles. The van der Waals surface area contributed by atoms with E-state index in [1.165, 1.54) is 12.7 Å². The van der Waals surface area contributed by atoms with Gasteiger partial charge in [-0.05, 0) is 37.5 Å². The molecule has 2 rings (SSSR count). The first kappa shape index (κ1) is 17.6. The Morgan fingerprint density at radius 1 is 1.00 bits per heavy atom. The zero-order valence-corrected chi connectivity index (χ0v) is 14.8. The Kier molecular flexibility index (Phi) is 5.75. The maximum Gasteiger partial charge on any atom is 0.315 e. The zero-order valence-electron chi connectivity index (χ0n) is 14.0. The molecule has 0 aromatic rings. The molecule has 0 aromatic carbocycles. The second kappa shape index (κ2) is 7.20. The van der Waals surface area contributed by atoms with E-state index in [0.29, 0.717) is 18.3 Å². The lowest BCUT2D eigenvalue weighted by Gasteiger charge is -2.35. The molecular formula is C16H30N2O3S. The highest BCUT2D eigenvalue weighted by Crippen LogP contribution is 2.29. The molecule has 0 spiro atoms. The smallest absolute Gasteiger partial charge is 0.315 e. The van der Waals surface area contributed by atoms with Crippen LogP contribution in [0, 0.1) is 11.8 Å². The third-order valence-corrected chi connectivity index (χ3v) is 7.23.